The number of hydrogen-bond acceptors (Lipinski definition) is 2. The number of carbonyl (C=O) groups is 1. The van der Waals surface area contributed by atoms with E-state index in [0.717, 1.165) is 31.5 Å². The molecule has 2 amide bonds. The summed E-state index contributed by atoms with van der Waals surface area (Å²) in [5.74, 6) is 0. The maximum Gasteiger partial charge on any atom is 0.317 e. The second kappa shape index (κ2) is 8.16. The Morgan fingerprint density at radius 3 is 2.52 bits per heavy atom. The fourth-order valence-corrected chi connectivity index (χ4v) is 3.13. The minimum atomic E-state index is 0.00237. The number of likely N-dealkylation sites (N-methyl/N-ethyl adjacent to an activating group) is 1. The van der Waals surface area contributed by atoms with Crippen LogP contribution in [0.3, 0.4) is 0 Å². The predicted molar refractivity (Wildman–Crippen MR) is 95.4 cm³/mol. The highest BCUT2D eigenvalue weighted by Gasteiger charge is 2.25. The summed E-state index contributed by atoms with van der Waals surface area (Å²) < 4.78 is 0. The third-order valence-electron chi connectivity index (χ3n) is 4.54. The number of benzene rings is 1. The predicted octanol–water partition coefficient (Wildman–Crippen LogP) is 3.43. The van der Waals surface area contributed by atoms with Crippen molar-refractivity contribution < 1.29 is 4.79 Å². The zero-order valence-corrected chi connectivity index (χ0v) is 14.6. The summed E-state index contributed by atoms with van der Waals surface area (Å²) in [5.41, 5.74) is 2.35. The number of nitrogens with one attached hydrogen (secondary N) is 1. The summed E-state index contributed by atoms with van der Waals surface area (Å²) in [7, 11) is 1.82. The van der Waals surface area contributed by atoms with Gasteiger partial charge in [-0.15, -0.1) is 0 Å². The van der Waals surface area contributed by atoms with E-state index in [9.17, 15) is 4.79 Å². The van der Waals surface area contributed by atoms with E-state index in [4.69, 9.17) is 0 Å². The number of piperidine rings is 1. The van der Waals surface area contributed by atoms with E-state index in [-0.39, 0.29) is 12.1 Å². The van der Waals surface area contributed by atoms with E-state index < -0.39 is 0 Å². The topological polar surface area (TPSA) is 35.6 Å². The molecule has 1 aliphatic rings. The van der Waals surface area contributed by atoms with Crippen molar-refractivity contribution in [2.45, 2.75) is 38.8 Å². The summed E-state index contributed by atoms with van der Waals surface area (Å²) in [6.45, 7) is 10.7. The average Bonchev–Trinajstić information content (AvgIpc) is 2.55. The van der Waals surface area contributed by atoms with Crippen molar-refractivity contribution >= 4 is 6.03 Å². The van der Waals surface area contributed by atoms with Crippen molar-refractivity contribution in [3.8, 4) is 0 Å². The first-order valence-electron chi connectivity index (χ1n) is 8.42. The van der Waals surface area contributed by atoms with Crippen LogP contribution in [-0.2, 0) is 0 Å². The lowest BCUT2D eigenvalue weighted by atomic mass is 10.0. The lowest BCUT2D eigenvalue weighted by Crippen LogP contribution is -2.48. The van der Waals surface area contributed by atoms with Gasteiger partial charge < -0.3 is 10.2 Å². The Balaban J connectivity index is 1.80. The molecule has 0 radical (unpaired) electrons. The van der Waals surface area contributed by atoms with E-state index >= 15 is 0 Å². The minimum Gasteiger partial charge on any atom is -0.335 e. The standard InChI is InChI=1S/C19H29N3O/c1-15(2)14-21(4)19(23)20-18-10-12-22(13-11-18)16(3)17-8-6-5-7-9-17/h5-9,16,18H,1,10-14H2,2-4H3,(H,20,23)/t16-/m1/s1. The molecule has 4 nitrogen and oxygen atoms in total. The normalized spacial score (nSPS) is 17.5. The Kier molecular flexibility index (Phi) is 6.22. The molecule has 1 aromatic carbocycles. The number of amides is 2. The van der Waals surface area contributed by atoms with Crippen LogP contribution >= 0.6 is 0 Å². The zero-order chi connectivity index (χ0) is 16.8. The molecule has 1 aliphatic heterocycles. The van der Waals surface area contributed by atoms with Gasteiger partial charge in [0, 0.05) is 38.8 Å². The maximum absolute atomic E-state index is 12.1. The Labute approximate surface area is 140 Å². The van der Waals surface area contributed by atoms with Crippen molar-refractivity contribution in [3.05, 3.63) is 48.0 Å². The second-order valence-electron chi connectivity index (χ2n) is 6.66. The number of likely N-dealkylation sites (tertiary alicyclic amines) is 1. The molecule has 1 aromatic rings. The lowest BCUT2D eigenvalue weighted by molar-refractivity contribution is 0.148. The number of hydrogen-bond donors (Lipinski definition) is 1. The molecular weight excluding hydrogens is 286 g/mol. The van der Waals surface area contributed by atoms with E-state index in [1.807, 2.05) is 14.0 Å². The molecule has 0 aliphatic carbocycles. The van der Waals surface area contributed by atoms with Gasteiger partial charge in [0.05, 0.1) is 0 Å². The average molecular weight is 315 g/mol. The van der Waals surface area contributed by atoms with E-state index in [2.05, 4.69) is 54.1 Å². The van der Waals surface area contributed by atoms with Crippen LogP contribution in [0.1, 0.15) is 38.3 Å². The van der Waals surface area contributed by atoms with E-state index in [1.54, 1.807) is 4.90 Å². The molecule has 1 atom stereocenters. The van der Waals surface area contributed by atoms with Crippen LogP contribution in [0.4, 0.5) is 4.79 Å². The van der Waals surface area contributed by atoms with Crippen molar-refractivity contribution in [1.82, 2.24) is 15.1 Å². The molecule has 23 heavy (non-hydrogen) atoms. The molecule has 1 fully saturated rings. The molecule has 1 N–H and O–H groups in total. The zero-order valence-electron chi connectivity index (χ0n) is 14.6. The number of carbonyl (C=O) groups excluding carboxylic acids is 1. The minimum absolute atomic E-state index is 0.00237. The number of urea groups is 1. The van der Waals surface area contributed by atoms with Gasteiger partial charge in [0.25, 0.3) is 0 Å². The first-order chi connectivity index (χ1) is 11.0. The molecule has 1 saturated heterocycles. The molecule has 0 bridgehead atoms. The van der Waals surface area contributed by atoms with Crippen LogP contribution in [0.15, 0.2) is 42.5 Å². The van der Waals surface area contributed by atoms with Crippen LogP contribution in [0.5, 0.6) is 0 Å². The van der Waals surface area contributed by atoms with Crippen LogP contribution in [-0.4, -0.2) is 48.6 Å². The van der Waals surface area contributed by atoms with Crippen LogP contribution in [0.25, 0.3) is 0 Å². The first kappa shape index (κ1) is 17.5. The molecule has 0 aromatic heterocycles. The van der Waals surface area contributed by atoms with Crippen LogP contribution in [0, 0.1) is 0 Å². The molecule has 0 unspecified atom stereocenters. The van der Waals surface area contributed by atoms with Gasteiger partial charge in [-0.05, 0) is 32.3 Å². The van der Waals surface area contributed by atoms with Gasteiger partial charge >= 0.3 is 6.03 Å². The van der Waals surface area contributed by atoms with Crippen LogP contribution < -0.4 is 5.32 Å². The summed E-state index contributed by atoms with van der Waals surface area (Å²) in [4.78, 5) is 16.3. The smallest absolute Gasteiger partial charge is 0.317 e. The van der Waals surface area contributed by atoms with Crippen molar-refractivity contribution in [2.24, 2.45) is 0 Å². The Morgan fingerprint density at radius 2 is 1.96 bits per heavy atom. The largest absolute Gasteiger partial charge is 0.335 e. The summed E-state index contributed by atoms with van der Waals surface area (Å²) >= 11 is 0. The van der Waals surface area contributed by atoms with Crippen LogP contribution in [0.2, 0.25) is 0 Å². The first-order valence-corrected chi connectivity index (χ1v) is 8.42. The maximum atomic E-state index is 12.1. The highest BCUT2D eigenvalue weighted by Crippen LogP contribution is 2.24. The second-order valence-corrected chi connectivity index (χ2v) is 6.66. The monoisotopic (exact) mass is 315 g/mol. The molecule has 0 spiro atoms. The number of nitrogens with zero attached hydrogens (tertiary/aromatic N) is 2. The number of rotatable bonds is 5. The van der Waals surface area contributed by atoms with Crippen molar-refractivity contribution in [1.29, 1.82) is 0 Å². The molecular formula is C19H29N3O. The Bertz CT molecular complexity index is 521. The van der Waals surface area contributed by atoms with Gasteiger partial charge in [0.2, 0.25) is 0 Å². The molecule has 1 heterocycles. The highest BCUT2D eigenvalue weighted by atomic mass is 16.2. The van der Waals surface area contributed by atoms with Gasteiger partial charge in [0.1, 0.15) is 0 Å². The fraction of sp³-hybridized carbons (Fsp3) is 0.526. The van der Waals surface area contributed by atoms with Gasteiger partial charge in [-0.1, -0.05) is 42.5 Å². The Morgan fingerprint density at radius 1 is 1.35 bits per heavy atom. The third kappa shape index (κ3) is 5.10. The summed E-state index contributed by atoms with van der Waals surface area (Å²) in [5, 5.41) is 3.14. The lowest BCUT2D eigenvalue weighted by Gasteiger charge is -2.37. The molecule has 4 heteroatoms. The summed E-state index contributed by atoms with van der Waals surface area (Å²) in [6.07, 6.45) is 2.01. The molecule has 0 saturated carbocycles. The SMILES string of the molecule is C=C(C)CN(C)C(=O)NC1CCN([C@H](C)c2ccccc2)CC1. The third-order valence-corrected chi connectivity index (χ3v) is 4.54. The molecule has 126 valence electrons. The van der Waals surface area contributed by atoms with Crippen molar-refractivity contribution in [2.75, 3.05) is 26.7 Å². The summed E-state index contributed by atoms with van der Waals surface area (Å²) in [6, 6.07) is 11.3. The Hall–Kier alpha value is -1.81. The van der Waals surface area contributed by atoms with Crippen molar-refractivity contribution in [3.63, 3.8) is 0 Å². The molecule has 2 rings (SSSR count). The van der Waals surface area contributed by atoms with Gasteiger partial charge in [-0.2, -0.15) is 0 Å². The van der Waals surface area contributed by atoms with E-state index in [0.29, 0.717) is 12.6 Å². The van der Waals surface area contributed by atoms with Gasteiger partial charge in [-0.25, -0.2) is 4.79 Å². The fourth-order valence-electron chi connectivity index (χ4n) is 3.13. The quantitative estimate of drug-likeness (QED) is 0.845. The van der Waals surface area contributed by atoms with E-state index in [1.165, 1.54) is 5.56 Å². The highest BCUT2D eigenvalue weighted by molar-refractivity contribution is 5.74. The van der Waals surface area contributed by atoms with Gasteiger partial charge in [-0.3, -0.25) is 4.90 Å². The van der Waals surface area contributed by atoms with Gasteiger partial charge in [0.15, 0.2) is 0 Å².